The van der Waals surface area contributed by atoms with E-state index in [1.807, 2.05) is 38.1 Å². The van der Waals surface area contributed by atoms with Gasteiger partial charge in [-0.3, -0.25) is 4.79 Å². The molecule has 0 fully saturated rings. The number of para-hydroxylation sites is 1. The first-order chi connectivity index (χ1) is 7.09. The normalized spacial score (nSPS) is 10.4. The zero-order valence-corrected chi connectivity index (χ0v) is 10.4. The molecule has 1 amide bonds. The highest BCUT2D eigenvalue weighted by molar-refractivity contribution is 9.10. The number of nitrogens with one attached hydrogen (secondary N) is 1. The molecule has 0 aliphatic rings. The van der Waals surface area contributed by atoms with E-state index >= 15 is 0 Å². The van der Waals surface area contributed by atoms with Crippen LogP contribution in [0.25, 0.3) is 0 Å². The summed E-state index contributed by atoms with van der Waals surface area (Å²) in [6, 6.07) is 7.46. The molecular formula is C11H14BrNO2. The van der Waals surface area contributed by atoms with E-state index in [1.165, 1.54) is 0 Å². The molecule has 4 heteroatoms. The van der Waals surface area contributed by atoms with Crippen LogP contribution in [0, 0.1) is 0 Å². The molecule has 0 bridgehead atoms. The molecule has 0 spiro atoms. The minimum absolute atomic E-state index is 0.0648. The van der Waals surface area contributed by atoms with E-state index in [0.29, 0.717) is 0 Å². The Morgan fingerprint density at radius 3 is 2.73 bits per heavy atom. The zero-order valence-electron chi connectivity index (χ0n) is 8.79. The van der Waals surface area contributed by atoms with Crippen LogP contribution in [0.4, 0.5) is 5.69 Å². The number of benzene rings is 1. The van der Waals surface area contributed by atoms with E-state index in [1.54, 1.807) is 0 Å². The van der Waals surface area contributed by atoms with E-state index < -0.39 is 0 Å². The van der Waals surface area contributed by atoms with Gasteiger partial charge in [-0.25, -0.2) is 0 Å². The van der Waals surface area contributed by atoms with Crippen LogP contribution in [0.3, 0.4) is 0 Å². The van der Waals surface area contributed by atoms with Crippen molar-refractivity contribution >= 4 is 27.5 Å². The SMILES string of the molecule is CC(C)OCC(=O)Nc1ccccc1Br. The lowest BCUT2D eigenvalue weighted by Gasteiger charge is -2.09. The Balaban J connectivity index is 2.48. The number of hydrogen-bond donors (Lipinski definition) is 1. The molecule has 1 aromatic carbocycles. The van der Waals surface area contributed by atoms with Crippen LogP contribution in [-0.4, -0.2) is 18.6 Å². The Morgan fingerprint density at radius 2 is 2.13 bits per heavy atom. The second-order valence-electron chi connectivity index (χ2n) is 3.39. The first-order valence-corrected chi connectivity index (χ1v) is 5.55. The van der Waals surface area contributed by atoms with Crippen LogP contribution in [0.15, 0.2) is 28.7 Å². The monoisotopic (exact) mass is 271 g/mol. The summed E-state index contributed by atoms with van der Waals surface area (Å²) in [4.78, 5) is 11.4. The topological polar surface area (TPSA) is 38.3 Å². The van der Waals surface area contributed by atoms with Crippen molar-refractivity contribution in [3.8, 4) is 0 Å². The van der Waals surface area contributed by atoms with Gasteiger partial charge in [-0.15, -0.1) is 0 Å². The number of carbonyl (C=O) groups excluding carboxylic acids is 1. The van der Waals surface area contributed by atoms with Gasteiger partial charge in [0.15, 0.2) is 0 Å². The second-order valence-corrected chi connectivity index (χ2v) is 4.24. The zero-order chi connectivity index (χ0) is 11.3. The van der Waals surface area contributed by atoms with E-state index in [-0.39, 0.29) is 18.6 Å². The summed E-state index contributed by atoms with van der Waals surface area (Å²) in [5.74, 6) is -0.143. The van der Waals surface area contributed by atoms with Crippen molar-refractivity contribution in [2.45, 2.75) is 20.0 Å². The van der Waals surface area contributed by atoms with Gasteiger partial charge < -0.3 is 10.1 Å². The highest BCUT2D eigenvalue weighted by Crippen LogP contribution is 2.20. The Morgan fingerprint density at radius 1 is 1.47 bits per heavy atom. The van der Waals surface area contributed by atoms with Crippen LogP contribution >= 0.6 is 15.9 Å². The average molecular weight is 272 g/mol. The van der Waals surface area contributed by atoms with Crippen molar-refractivity contribution < 1.29 is 9.53 Å². The molecule has 0 saturated heterocycles. The summed E-state index contributed by atoms with van der Waals surface area (Å²) in [6.45, 7) is 3.87. The van der Waals surface area contributed by atoms with Crippen molar-refractivity contribution in [3.05, 3.63) is 28.7 Å². The lowest BCUT2D eigenvalue weighted by Crippen LogP contribution is -2.20. The smallest absolute Gasteiger partial charge is 0.250 e. The summed E-state index contributed by atoms with van der Waals surface area (Å²) in [6.07, 6.45) is 0.0648. The van der Waals surface area contributed by atoms with Crippen molar-refractivity contribution in [1.29, 1.82) is 0 Å². The van der Waals surface area contributed by atoms with Crippen LogP contribution in [0.2, 0.25) is 0 Å². The highest BCUT2D eigenvalue weighted by atomic mass is 79.9. The third kappa shape index (κ3) is 4.44. The number of anilines is 1. The molecule has 0 heterocycles. The lowest BCUT2D eigenvalue weighted by molar-refractivity contribution is -0.121. The minimum atomic E-state index is -0.143. The molecule has 0 aliphatic heterocycles. The maximum absolute atomic E-state index is 11.4. The summed E-state index contributed by atoms with van der Waals surface area (Å²) >= 11 is 3.35. The fourth-order valence-corrected chi connectivity index (χ4v) is 1.38. The molecule has 15 heavy (non-hydrogen) atoms. The summed E-state index contributed by atoms with van der Waals surface area (Å²) in [5, 5.41) is 2.75. The number of rotatable bonds is 4. The first-order valence-electron chi connectivity index (χ1n) is 4.75. The van der Waals surface area contributed by atoms with Crippen LogP contribution < -0.4 is 5.32 Å². The number of hydrogen-bond acceptors (Lipinski definition) is 2. The van der Waals surface area contributed by atoms with Gasteiger partial charge in [0.25, 0.3) is 0 Å². The van der Waals surface area contributed by atoms with Crippen molar-refractivity contribution in [1.82, 2.24) is 0 Å². The van der Waals surface area contributed by atoms with Crippen molar-refractivity contribution in [2.75, 3.05) is 11.9 Å². The number of halogens is 1. The van der Waals surface area contributed by atoms with E-state index in [0.717, 1.165) is 10.2 Å². The van der Waals surface area contributed by atoms with Gasteiger partial charge in [0.2, 0.25) is 5.91 Å². The van der Waals surface area contributed by atoms with Crippen LogP contribution in [0.5, 0.6) is 0 Å². The Kier molecular flexibility index (Phi) is 4.78. The van der Waals surface area contributed by atoms with Crippen LogP contribution in [0.1, 0.15) is 13.8 Å². The van der Waals surface area contributed by atoms with E-state index in [9.17, 15) is 4.79 Å². The maximum atomic E-state index is 11.4. The molecular weight excluding hydrogens is 258 g/mol. The third-order valence-corrected chi connectivity index (χ3v) is 2.39. The molecule has 1 rings (SSSR count). The van der Waals surface area contributed by atoms with Gasteiger partial charge >= 0.3 is 0 Å². The summed E-state index contributed by atoms with van der Waals surface area (Å²) in [5.41, 5.74) is 0.759. The molecule has 0 aromatic heterocycles. The largest absolute Gasteiger partial charge is 0.369 e. The third-order valence-electron chi connectivity index (χ3n) is 1.70. The Hall–Kier alpha value is -0.870. The van der Waals surface area contributed by atoms with E-state index in [4.69, 9.17) is 4.74 Å². The summed E-state index contributed by atoms with van der Waals surface area (Å²) < 4.78 is 6.05. The van der Waals surface area contributed by atoms with E-state index in [2.05, 4.69) is 21.2 Å². The van der Waals surface area contributed by atoms with Gasteiger partial charge in [0.05, 0.1) is 11.8 Å². The quantitative estimate of drug-likeness (QED) is 0.915. The number of ether oxygens (including phenoxy) is 1. The molecule has 0 atom stereocenters. The van der Waals surface area contributed by atoms with Gasteiger partial charge in [-0.2, -0.15) is 0 Å². The molecule has 82 valence electrons. The van der Waals surface area contributed by atoms with Gasteiger partial charge in [-0.1, -0.05) is 12.1 Å². The second kappa shape index (κ2) is 5.88. The van der Waals surface area contributed by atoms with Crippen molar-refractivity contribution in [2.24, 2.45) is 0 Å². The predicted octanol–water partition coefficient (Wildman–Crippen LogP) is 2.81. The number of carbonyl (C=O) groups is 1. The van der Waals surface area contributed by atoms with Crippen LogP contribution in [-0.2, 0) is 9.53 Å². The standard InChI is InChI=1S/C11H14BrNO2/c1-8(2)15-7-11(14)13-10-6-4-3-5-9(10)12/h3-6,8H,7H2,1-2H3,(H,13,14). The maximum Gasteiger partial charge on any atom is 0.250 e. The lowest BCUT2D eigenvalue weighted by atomic mass is 10.3. The number of amides is 1. The predicted molar refractivity (Wildman–Crippen MR) is 63.9 cm³/mol. The molecule has 3 nitrogen and oxygen atoms in total. The van der Waals surface area contributed by atoms with Gasteiger partial charge in [0.1, 0.15) is 6.61 Å². The fourth-order valence-electron chi connectivity index (χ4n) is 0.991. The average Bonchev–Trinajstić information content (AvgIpc) is 2.18. The fraction of sp³-hybridized carbons (Fsp3) is 0.364. The Bertz CT molecular complexity index is 339. The minimum Gasteiger partial charge on any atom is -0.369 e. The Labute approximate surface area is 97.9 Å². The van der Waals surface area contributed by atoms with Gasteiger partial charge in [-0.05, 0) is 41.9 Å². The molecule has 0 saturated carbocycles. The molecule has 1 N–H and O–H groups in total. The van der Waals surface area contributed by atoms with Gasteiger partial charge in [0, 0.05) is 4.47 Å². The highest BCUT2D eigenvalue weighted by Gasteiger charge is 2.05. The molecule has 0 radical (unpaired) electrons. The van der Waals surface area contributed by atoms with Crippen molar-refractivity contribution in [3.63, 3.8) is 0 Å². The molecule has 0 aliphatic carbocycles. The molecule has 0 unspecified atom stereocenters. The molecule has 1 aromatic rings. The summed E-state index contributed by atoms with van der Waals surface area (Å²) in [7, 11) is 0. The first kappa shape index (κ1) is 12.2.